The normalized spacial score (nSPS) is 33.2. The Morgan fingerprint density at radius 2 is 1.71 bits per heavy atom. The van der Waals surface area contributed by atoms with E-state index in [0.717, 1.165) is 24.7 Å². The minimum absolute atomic E-state index is 0.810. The minimum Gasteiger partial charge on any atom is -0.314 e. The van der Waals surface area contributed by atoms with Crippen molar-refractivity contribution in [3.05, 3.63) is 0 Å². The molecule has 0 amide bonds. The monoisotopic (exact) mass is 238 g/mol. The van der Waals surface area contributed by atoms with Crippen LogP contribution in [-0.4, -0.2) is 36.1 Å². The molecule has 2 nitrogen and oxygen atoms in total. The molecule has 0 radical (unpaired) electrons. The van der Waals surface area contributed by atoms with Crippen LogP contribution in [0, 0.1) is 0 Å². The van der Waals surface area contributed by atoms with Crippen molar-refractivity contribution in [2.45, 2.75) is 83.3 Å². The number of unbranched alkanes of at least 4 members (excludes halogenated alkanes) is 3. The van der Waals surface area contributed by atoms with E-state index < -0.39 is 0 Å². The van der Waals surface area contributed by atoms with E-state index in [1.807, 2.05) is 0 Å². The van der Waals surface area contributed by atoms with Crippen LogP contribution in [0.3, 0.4) is 0 Å². The zero-order valence-electron chi connectivity index (χ0n) is 11.8. The Balaban J connectivity index is 1.74. The van der Waals surface area contributed by atoms with Gasteiger partial charge in [-0.1, -0.05) is 33.1 Å². The van der Waals surface area contributed by atoms with Crippen LogP contribution >= 0.6 is 0 Å². The third-order valence-corrected chi connectivity index (χ3v) is 4.65. The van der Waals surface area contributed by atoms with Gasteiger partial charge in [0.15, 0.2) is 0 Å². The van der Waals surface area contributed by atoms with E-state index in [0.29, 0.717) is 0 Å². The standard InChI is InChI=1S/C15H30N2/c1-3-5-6-7-10-17-14-8-9-15(17)12-13(11-14)16-4-2/h13-16H,3-12H2,1-2H3. The second-order valence-corrected chi connectivity index (χ2v) is 5.91. The largest absolute Gasteiger partial charge is 0.314 e. The third kappa shape index (κ3) is 3.45. The summed E-state index contributed by atoms with van der Waals surface area (Å²) in [5.41, 5.74) is 0. The molecular weight excluding hydrogens is 208 g/mol. The number of piperidine rings is 1. The van der Waals surface area contributed by atoms with Gasteiger partial charge in [-0.3, -0.25) is 4.90 Å². The van der Waals surface area contributed by atoms with Gasteiger partial charge in [-0.05, 0) is 45.2 Å². The number of hydrogen-bond donors (Lipinski definition) is 1. The summed E-state index contributed by atoms with van der Waals surface area (Å²) in [4.78, 5) is 2.84. The van der Waals surface area contributed by atoms with Gasteiger partial charge in [0.2, 0.25) is 0 Å². The van der Waals surface area contributed by atoms with E-state index in [9.17, 15) is 0 Å². The van der Waals surface area contributed by atoms with Crippen LogP contribution < -0.4 is 5.32 Å². The van der Waals surface area contributed by atoms with Gasteiger partial charge in [0, 0.05) is 18.1 Å². The SMILES string of the molecule is CCCCCCN1C2CCC1CC(NCC)C2. The van der Waals surface area contributed by atoms with Crippen molar-refractivity contribution in [1.82, 2.24) is 10.2 Å². The lowest BCUT2D eigenvalue weighted by Gasteiger charge is -2.39. The Labute approximate surface area is 107 Å². The van der Waals surface area contributed by atoms with Crippen molar-refractivity contribution in [2.75, 3.05) is 13.1 Å². The topological polar surface area (TPSA) is 15.3 Å². The molecule has 1 N–H and O–H groups in total. The Bertz CT molecular complexity index is 203. The molecule has 100 valence electrons. The zero-order valence-corrected chi connectivity index (χ0v) is 11.8. The molecule has 0 aromatic heterocycles. The highest BCUT2D eigenvalue weighted by atomic mass is 15.2. The van der Waals surface area contributed by atoms with Gasteiger partial charge >= 0.3 is 0 Å². The minimum atomic E-state index is 0.810. The van der Waals surface area contributed by atoms with Crippen molar-refractivity contribution in [3.8, 4) is 0 Å². The molecule has 2 saturated heterocycles. The number of rotatable bonds is 7. The van der Waals surface area contributed by atoms with Gasteiger partial charge in [-0.25, -0.2) is 0 Å². The lowest BCUT2D eigenvalue weighted by atomic mass is 9.97. The first-order valence-corrected chi connectivity index (χ1v) is 7.84. The predicted octanol–water partition coefficient (Wildman–Crippen LogP) is 3.17. The molecule has 2 aliphatic rings. The van der Waals surface area contributed by atoms with E-state index in [1.165, 1.54) is 57.9 Å². The van der Waals surface area contributed by atoms with Gasteiger partial charge in [-0.15, -0.1) is 0 Å². The van der Waals surface area contributed by atoms with Crippen LogP contribution in [0.4, 0.5) is 0 Å². The summed E-state index contributed by atoms with van der Waals surface area (Å²) in [6.45, 7) is 7.04. The summed E-state index contributed by atoms with van der Waals surface area (Å²) in [5.74, 6) is 0. The second kappa shape index (κ2) is 6.75. The van der Waals surface area contributed by atoms with Crippen LogP contribution in [0.1, 0.15) is 65.2 Å². The Morgan fingerprint density at radius 3 is 2.29 bits per heavy atom. The maximum Gasteiger partial charge on any atom is 0.0114 e. The molecule has 2 aliphatic heterocycles. The summed E-state index contributed by atoms with van der Waals surface area (Å²) in [5, 5.41) is 3.66. The smallest absolute Gasteiger partial charge is 0.0114 e. The van der Waals surface area contributed by atoms with Crippen molar-refractivity contribution >= 4 is 0 Å². The number of nitrogens with one attached hydrogen (secondary N) is 1. The lowest BCUT2D eigenvalue weighted by Crippen LogP contribution is -2.49. The maximum absolute atomic E-state index is 3.66. The van der Waals surface area contributed by atoms with E-state index >= 15 is 0 Å². The molecule has 2 unspecified atom stereocenters. The fraction of sp³-hybridized carbons (Fsp3) is 1.00. The molecule has 2 heteroatoms. The predicted molar refractivity (Wildman–Crippen MR) is 74.4 cm³/mol. The molecule has 0 aromatic carbocycles. The molecule has 2 rings (SSSR count). The van der Waals surface area contributed by atoms with Crippen LogP contribution in [0.25, 0.3) is 0 Å². The van der Waals surface area contributed by atoms with Crippen molar-refractivity contribution in [1.29, 1.82) is 0 Å². The lowest BCUT2D eigenvalue weighted by molar-refractivity contribution is 0.115. The Hall–Kier alpha value is -0.0800. The number of fused-ring (bicyclic) bond motifs is 2. The van der Waals surface area contributed by atoms with E-state index in [4.69, 9.17) is 0 Å². The quantitative estimate of drug-likeness (QED) is 0.685. The first kappa shape index (κ1) is 13.4. The highest BCUT2D eigenvalue weighted by Gasteiger charge is 2.39. The van der Waals surface area contributed by atoms with Gasteiger partial charge in [-0.2, -0.15) is 0 Å². The molecule has 0 spiro atoms. The van der Waals surface area contributed by atoms with Crippen LogP contribution in [0.5, 0.6) is 0 Å². The van der Waals surface area contributed by atoms with Crippen molar-refractivity contribution in [2.24, 2.45) is 0 Å². The van der Waals surface area contributed by atoms with Crippen LogP contribution in [-0.2, 0) is 0 Å². The van der Waals surface area contributed by atoms with Crippen molar-refractivity contribution < 1.29 is 0 Å². The Morgan fingerprint density at radius 1 is 1.00 bits per heavy atom. The second-order valence-electron chi connectivity index (χ2n) is 5.91. The van der Waals surface area contributed by atoms with E-state index in [2.05, 4.69) is 24.1 Å². The van der Waals surface area contributed by atoms with Gasteiger partial charge in [0.25, 0.3) is 0 Å². The molecule has 0 aromatic rings. The van der Waals surface area contributed by atoms with Crippen LogP contribution in [0.15, 0.2) is 0 Å². The van der Waals surface area contributed by atoms with Gasteiger partial charge in [0.1, 0.15) is 0 Å². The van der Waals surface area contributed by atoms with Crippen molar-refractivity contribution in [3.63, 3.8) is 0 Å². The number of hydrogen-bond acceptors (Lipinski definition) is 2. The fourth-order valence-electron chi connectivity index (χ4n) is 3.82. The summed E-state index contributed by atoms with van der Waals surface area (Å²) < 4.78 is 0. The maximum atomic E-state index is 3.66. The van der Waals surface area contributed by atoms with E-state index in [-0.39, 0.29) is 0 Å². The van der Waals surface area contributed by atoms with Gasteiger partial charge < -0.3 is 5.32 Å². The first-order valence-electron chi connectivity index (χ1n) is 7.84. The fourth-order valence-corrected chi connectivity index (χ4v) is 3.82. The molecule has 17 heavy (non-hydrogen) atoms. The van der Waals surface area contributed by atoms with Gasteiger partial charge in [0.05, 0.1) is 0 Å². The highest BCUT2D eigenvalue weighted by molar-refractivity contribution is 4.97. The summed E-state index contributed by atoms with van der Waals surface area (Å²) in [6, 6.07) is 2.61. The summed E-state index contributed by atoms with van der Waals surface area (Å²) in [6.07, 6.45) is 11.4. The Kier molecular flexibility index (Phi) is 5.30. The van der Waals surface area contributed by atoms with E-state index in [1.54, 1.807) is 0 Å². The molecule has 0 aliphatic carbocycles. The third-order valence-electron chi connectivity index (χ3n) is 4.65. The molecule has 2 heterocycles. The molecule has 0 saturated carbocycles. The molecule has 2 atom stereocenters. The average molecular weight is 238 g/mol. The highest BCUT2D eigenvalue weighted by Crippen LogP contribution is 2.35. The summed E-state index contributed by atoms with van der Waals surface area (Å²) in [7, 11) is 0. The molecular formula is C15H30N2. The molecule has 2 fully saturated rings. The number of nitrogens with zero attached hydrogens (tertiary/aromatic N) is 1. The zero-order chi connectivity index (χ0) is 12.1. The van der Waals surface area contributed by atoms with Crippen LogP contribution in [0.2, 0.25) is 0 Å². The molecule has 2 bridgehead atoms. The first-order chi connectivity index (χ1) is 8.35. The average Bonchev–Trinajstić information content (AvgIpc) is 2.57. The summed E-state index contributed by atoms with van der Waals surface area (Å²) >= 11 is 0.